The molecule has 3 nitrogen and oxygen atoms in total. The molecule has 0 heterocycles. The predicted octanol–water partition coefficient (Wildman–Crippen LogP) is 2.51. The van der Waals surface area contributed by atoms with Gasteiger partial charge >= 0.3 is 0 Å². The molecule has 0 atom stereocenters. The molecule has 0 unspecified atom stereocenters. The van der Waals surface area contributed by atoms with E-state index in [1.807, 2.05) is 33.8 Å². The van der Waals surface area contributed by atoms with Gasteiger partial charge < -0.3 is 4.55 Å². The van der Waals surface area contributed by atoms with E-state index < -0.39 is 10.1 Å². The van der Waals surface area contributed by atoms with Gasteiger partial charge in [-0.15, -0.1) is 0 Å². The van der Waals surface area contributed by atoms with Crippen molar-refractivity contribution in [3.05, 3.63) is 28.8 Å². The summed E-state index contributed by atoms with van der Waals surface area (Å²) in [6, 6.07) is 3.43. The number of rotatable bonds is 1. The SMILES string of the molecule is Cc1cc(C(C)(C)C)cc(S(=O)(=O)[O-])c1C. The Bertz CT molecular complexity index is 508. The van der Waals surface area contributed by atoms with Crippen molar-refractivity contribution in [1.82, 2.24) is 0 Å². The molecule has 0 aliphatic heterocycles. The van der Waals surface area contributed by atoms with E-state index >= 15 is 0 Å². The van der Waals surface area contributed by atoms with Crippen LogP contribution in [-0.2, 0) is 15.5 Å². The van der Waals surface area contributed by atoms with E-state index in [1.165, 1.54) is 6.07 Å². The lowest BCUT2D eigenvalue weighted by molar-refractivity contribution is 0.462. The first-order valence-corrected chi connectivity index (χ1v) is 6.52. The minimum Gasteiger partial charge on any atom is -0.744 e. The molecule has 1 rings (SSSR count). The summed E-state index contributed by atoms with van der Waals surface area (Å²) in [6.07, 6.45) is 0. The molecule has 4 heteroatoms. The molecule has 0 bridgehead atoms. The zero-order valence-electron chi connectivity index (χ0n) is 10.3. The van der Waals surface area contributed by atoms with Crippen LogP contribution in [0.5, 0.6) is 0 Å². The lowest BCUT2D eigenvalue weighted by atomic mass is 9.85. The van der Waals surface area contributed by atoms with Gasteiger partial charge in [0, 0.05) is 0 Å². The fourth-order valence-corrected chi connectivity index (χ4v) is 2.33. The Morgan fingerprint density at radius 3 is 2.00 bits per heavy atom. The summed E-state index contributed by atoms with van der Waals surface area (Å²) in [5.74, 6) is 0. The molecule has 0 aromatic heterocycles. The third-order valence-corrected chi connectivity index (χ3v) is 3.72. The van der Waals surface area contributed by atoms with Crippen molar-refractivity contribution >= 4 is 10.1 Å². The van der Waals surface area contributed by atoms with Crippen LogP contribution in [0.1, 0.15) is 37.5 Å². The number of benzene rings is 1. The van der Waals surface area contributed by atoms with Crippen LogP contribution in [0.2, 0.25) is 0 Å². The Balaban J connectivity index is 3.59. The smallest absolute Gasteiger partial charge is 0.124 e. The van der Waals surface area contributed by atoms with Gasteiger partial charge in [0.05, 0.1) is 4.90 Å². The van der Waals surface area contributed by atoms with E-state index in [-0.39, 0.29) is 10.3 Å². The number of aryl methyl sites for hydroxylation is 1. The molecule has 1 aromatic rings. The van der Waals surface area contributed by atoms with Crippen LogP contribution >= 0.6 is 0 Å². The lowest BCUT2D eigenvalue weighted by Crippen LogP contribution is -2.14. The zero-order chi connectivity index (χ0) is 12.7. The molecule has 0 saturated heterocycles. The second-order valence-electron chi connectivity index (χ2n) is 5.12. The first kappa shape index (κ1) is 13.2. The summed E-state index contributed by atoms with van der Waals surface area (Å²) < 4.78 is 33.4. The largest absolute Gasteiger partial charge is 0.744 e. The van der Waals surface area contributed by atoms with Crippen molar-refractivity contribution in [2.24, 2.45) is 0 Å². The Labute approximate surface area is 97.2 Å². The Morgan fingerprint density at radius 2 is 1.62 bits per heavy atom. The molecular formula is C12H17O3S-. The highest BCUT2D eigenvalue weighted by molar-refractivity contribution is 7.85. The number of hydrogen-bond donors (Lipinski definition) is 0. The Kier molecular flexibility index (Phi) is 3.18. The van der Waals surface area contributed by atoms with Crippen molar-refractivity contribution in [2.45, 2.75) is 44.9 Å². The van der Waals surface area contributed by atoms with Gasteiger partial charge in [0.2, 0.25) is 0 Å². The third kappa shape index (κ3) is 2.62. The molecule has 0 amide bonds. The molecule has 1 aromatic carbocycles. The maximum Gasteiger partial charge on any atom is 0.124 e. The van der Waals surface area contributed by atoms with E-state index in [2.05, 4.69) is 0 Å². The molecule has 0 aliphatic carbocycles. The average molecular weight is 241 g/mol. The fourth-order valence-electron chi connectivity index (χ4n) is 1.52. The van der Waals surface area contributed by atoms with Crippen LogP contribution in [0.15, 0.2) is 17.0 Å². The van der Waals surface area contributed by atoms with Gasteiger partial charge in [0.15, 0.2) is 0 Å². The van der Waals surface area contributed by atoms with E-state index in [0.29, 0.717) is 5.56 Å². The van der Waals surface area contributed by atoms with Crippen molar-refractivity contribution in [2.75, 3.05) is 0 Å². The molecule has 90 valence electrons. The molecule has 0 radical (unpaired) electrons. The van der Waals surface area contributed by atoms with Gasteiger partial charge in [-0.2, -0.15) is 0 Å². The summed E-state index contributed by atoms with van der Waals surface area (Å²) in [5.41, 5.74) is 2.08. The highest BCUT2D eigenvalue weighted by atomic mass is 32.2. The van der Waals surface area contributed by atoms with Crippen LogP contribution in [0.3, 0.4) is 0 Å². The monoisotopic (exact) mass is 241 g/mol. The highest BCUT2D eigenvalue weighted by Gasteiger charge is 2.18. The van der Waals surface area contributed by atoms with Crippen LogP contribution in [0.4, 0.5) is 0 Å². The Hall–Kier alpha value is -0.870. The summed E-state index contributed by atoms with van der Waals surface area (Å²) >= 11 is 0. The molecular weight excluding hydrogens is 224 g/mol. The minimum atomic E-state index is -4.39. The number of hydrogen-bond acceptors (Lipinski definition) is 3. The van der Waals surface area contributed by atoms with Crippen LogP contribution in [-0.4, -0.2) is 13.0 Å². The third-order valence-electron chi connectivity index (χ3n) is 2.76. The van der Waals surface area contributed by atoms with Gasteiger partial charge in [-0.3, -0.25) is 0 Å². The second kappa shape index (κ2) is 3.86. The van der Waals surface area contributed by atoms with E-state index in [4.69, 9.17) is 0 Å². The first-order valence-electron chi connectivity index (χ1n) is 5.11. The average Bonchev–Trinajstić information content (AvgIpc) is 2.05. The quantitative estimate of drug-likeness (QED) is 0.710. The molecule has 16 heavy (non-hydrogen) atoms. The van der Waals surface area contributed by atoms with Crippen molar-refractivity contribution in [3.63, 3.8) is 0 Å². The van der Waals surface area contributed by atoms with Gasteiger partial charge in [-0.25, -0.2) is 8.42 Å². The summed E-state index contributed by atoms with van der Waals surface area (Å²) in [7, 11) is -4.39. The molecule has 0 N–H and O–H groups in total. The van der Waals surface area contributed by atoms with Gasteiger partial charge in [-0.1, -0.05) is 26.8 Å². The molecule has 0 spiro atoms. The van der Waals surface area contributed by atoms with Crippen molar-refractivity contribution < 1.29 is 13.0 Å². The van der Waals surface area contributed by atoms with Crippen LogP contribution in [0, 0.1) is 13.8 Å². The molecule has 0 saturated carbocycles. The van der Waals surface area contributed by atoms with Gasteiger partial charge in [-0.05, 0) is 42.0 Å². The first-order chi connectivity index (χ1) is 7.03. The maximum absolute atomic E-state index is 11.1. The molecule has 0 fully saturated rings. The summed E-state index contributed by atoms with van der Waals surface area (Å²) in [6.45, 7) is 9.43. The predicted molar refractivity (Wildman–Crippen MR) is 62.6 cm³/mol. The van der Waals surface area contributed by atoms with Gasteiger partial charge in [0.25, 0.3) is 0 Å². The summed E-state index contributed by atoms with van der Waals surface area (Å²) in [5, 5.41) is 0. The fraction of sp³-hybridized carbons (Fsp3) is 0.500. The van der Waals surface area contributed by atoms with E-state index in [9.17, 15) is 13.0 Å². The van der Waals surface area contributed by atoms with E-state index in [1.54, 1.807) is 6.92 Å². The zero-order valence-corrected chi connectivity index (χ0v) is 11.1. The Morgan fingerprint density at radius 1 is 1.12 bits per heavy atom. The lowest BCUT2D eigenvalue weighted by Gasteiger charge is -2.23. The van der Waals surface area contributed by atoms with E-state index in [0.717, 1.165) is 11.1 Å². The topological polar surface area (TPSA) is 57.2 Å². The normalized spacial score (nSPS) is 12.9. The highest BCUT2D eigenvalue weighted by Crippen LogP contribution is 2.28. The van der Waals surface area contributed by atoms with Crippen molar-refractivity contribution in [3.8, 4) is 0 Å². The minimum absolute atomic E-state index is 0.0996. The second-order valence-corrected chi connectivity index (χ2v) is 6.47. The van der Waals surface area contributed by atoms with Gasteiger partial charge in [0.1, 0.15) is 10.1 Å². The standard InChI is InChI=1S/C12H18O3S/c1-8-6-10(12(3,4)5)7-11(9(8)2)16(13,14)15/h6-7H,1-5H3,(H,13,14,15)/p-1. The molecule has 0 aliphatic rings. The van der Waals surface area contributed by atoms with Crippen LogP contribution < -0.4 is 0 Å². The maximum atomic E-state index is 11.1. The summed E-state index contributed by atoms with van der Waals surface area (Å²) in [4.78, 5) is -0.0996. The van der Waals surface area contributed by atoms with Crippen LogP contribution in [0.25, 0.3) is 0 Å². The van der Waals surface area contributed by atoms with Crippen molar-refractivity contribution in [1.29, 1.82) is 0 Å².